The highest BCUT2D eigenvalue weighted by atomic mass is 35.5. The number of benzene rings is 2. The third kappa shape index (κ3) is 6.04. The quantitative estimate of drug-likeness (QED) is 0.173. The van der Waals surface area contributed by atoms with Crippen molar-refractivity contribution >= 4 is 39.8 Å². The van der Waals surface area contributed by atoms with Crippen LogP contribution in [-0.2, 0) is 23.0 Å². The van der Waals surface area contributed by atoms with Gasteiger partial charge in [-0.25, -0.2) is 14.6 Å². The van der Waals surface area contributed by atoms with Gasteiger partial charge in [-0.1, -0.05) is 41.9 Å². The number of carbonyl (C=O) groups excluding carboxylic acids is 1. The van der Waals surface area contributed by atoms with E-state index in [1.165, 1.54) is 10.2 Å². The molecule has 1 fully saturated rings. The number of aryl methyl sites for hydroxylation is 2. The Morgan fingerprint density at radius 2 is 1.82 bits per heavy atom. The van der Waals surface area contributed by atoms with Crippen LogP contribution in [0.1, 0.15) is 48.9 Å². The second-order valence-electron chi connectivity index (χ2n) is 12.7. The standard InChI is InChI=1S/C38H39ClN6O4/c1-5-49-38(47)23-15-18-45(19-16-23)31-13-12-24-20-30(43-36(48-4)32(24)31)28-10-6-9-27(34(28)39)26-8-7-11-29(22(26)2)42-35-33-25(14-17-40-35)21-41-44(3)37(33)46/h6-11,14,17,20-21,23,31H,5,12-13,15-16,18-19H2,1-4H3,(H,40,42). The van der Waals surface area contributed by atoms with Crippen LogP contribution < -0.4 is 15.6 Å². The van der Waals surface area contributed by atoms with Crippen molar-refractivity contribution in [3.8, 4) is 28.3 Å². The Hall–Kier alpha value is -4.80. The topological polar surface area (TPSA) is 111 Å². The van der Waals surface area contributed by atoms with Crippen molar-refractivity contribution in [3.05, 3.63) is 93.0 Å². The second-order valence-corrected chi connectivity index (χ2v) is 13.1. The number of carbonyl (C=O) groups is 1. The summed E-state index contributed by atoms with van der Waals surface area (Å²) >= 11 is 7.23. The number of methoxy groups -OCH3 is 1. The maximum Gasteiger partial charge on any atom is 0.309 e. The van der Waals surface area contributed by atoms with E-state index in [1.807, 2.05) is 50.2 Å². The summed E-state index contributed by atoms with van der Waals surface area (Å²) < 4.78 is 12.5. The number of nitrogens with one attached hydrogen (secondary N) is 1. The number of pyridine rings is 2. The lowest BCUT2D eigenvalue weighted by atomic mass is 9.94. The predicted octanol–water partition coefficient (Wildman–Crippen LogP) is 7.03. The minimum Gasteiger partial charge on any atom is -0.481 e. The number of halogens is 1. The molecule has 1 atom stereocenters. The van der Waals surface area contributed by atoms with Crippen molar-refractivity contribution in [1.82, 2.24) is 24.6 Å². The molecule has 4 heterocycles. The van der Waals surface area contributed by atoms with Crippen LogP contribution in [0.2, 0.25) is 5.02 Å². The predicted molar refractivity (Wildman–Crippen MR) is 191 cm³/mol. The van der Waals surface area contributed by atoms with E-state index >= 15 is 0 Å². The zero-order valence-electron chi connectivity index (χ0n) is 28.1. The molecule has 10 nitrogen and oxygen atoms in total. The van der Waals surface area contributed by atoms with Gasteiger partial charge in [0, 0.05) is 47.1 Å². The molecule has 0 saturated carbocycles. The first-order valence-electron chi connectivity index (χ1n) is 16.7. The van der Waals surface area contributed by atoms with Gasteiger partial charge in [-0.15, -0.1) is 0 Å². The Balaban J connectivity index is 1.19. The number of piperidine rings is 1. The van der Waals surface area contributed by atoms with E-state index in [4.69, 9.17) is 26.1 Å². The number of anilines is 2. The van der Waals surface area contributed by atoms with Crippen LogP contribution >= 0.6 is 11.6 Å². The Labute approximate surface area is 290 Å². The summed E-state index contributed by atoms with van der Waals surface area (Å²) in [7, 11) is 3.30. The van der Waals surface area contributed by atoms with E-state index < -0.39 is 0 Å². The van der Waals surface area contributed by atoms with Crippen LogP contribution in [0.15, 0.2) is 65.7 Å². The summed E-state index contributed by atoms with van der Waals surface area (Å²) in [5.74, 6) is 0.976. The van der Waals surface area contributed by atoms with Crippen molar-refractivity contribution in [1.29, 1.82) is 0 Å². The molecule has 1 unspecified atom stereocenters. The number of aromatic nitrogens is 4. The zero-order chi connectivity index (χ0) is 34.2. The number of fused-ring (bicyclic) bond motifs is 2. The molecule has 0 radical (unpaired) electrons. The number of likely N-dealkylation sites (tertiary alicyclic amines) is 1. The largest absolute Gasteiger partial charge is 0.481 e. The molecular formula is C38H39ClN6O4. The lowest BCUT2D eigenvalue weighted by molar-refractivity contribution is -0.149. The SMILES string of the molecule is CCOC(=O)C1CCN(C2CCc3cc(-c4cccc(-c5cccc(Nc6nccc7cnn(C)c(=O)c67)c5C)c4Cl)nc(OC)c32)CC1. The maximum absolute atomic E-state index is 13.0. The molecule has 0 spiro atoms. The summed E-state index contributed by atoms with van der Waals surface area (Å²) in [6.45, 7) is 5.97. The molecular weight excluding hydrogens is 640 g/mol. The molecule has 1 N–H and O–H groups in total. The number of rotatable bonds is 8. The van der Waals surface area contributed by atoms with Gasteiger partial charge in [0.2, 0.25) is 5.88 Å². The average molecular weight is 679 g/mol. The van der Waals surface area contributed by atoms with Crippen LogP contribution in [0.25, 0.3) is 33.2 Å². The highest BCUT2D eigenvalue weighted by molar-refractivity contribution is 6.36. The number of ether oxygens (including phenoxy) is 2. The second kappa shape index (κ2) is 13.6. The Kier molecular flexibility index (Phi) is 9.09. The monoisotopic (exact) mass is 678 g/mol. The molecule has 1 saturated heterocycles. The smallest absolute Gasteiger partial charge is 0.309 e. The zero-order valence-corrected chi connectivity index (χ0v) is 28.9. The van der Waals surface area contributed by atoms with Crippen molar-refractivity contribution < 1.29 is 14.3 Å². The molecule has 3 aromatic heterocycles. The lowest BCUT2D eigenvalue weighted by Crippen LogP contribution is -2.38. The number of hydrogen-bond acceptors (Lipinski definition) is 9. The fraction of sp³-hybridized carbons (Fsp3) is 0.342. The van der Waals surface area contributed by atoms with Gasteiger partial charge >= 0.3 is 5.97 Å². The molecule has 7 rings (SSSR count). The van der Waals surface area contributed by atoms with E-state index in [9.17, 15) is 9.59 Å². The van der Waals surface area contributed by atoms with Gasteiger partial charge in [0.15, 0.2) is 0 Å². The minimum absolute atomic E-state index is 0.0319. The Morgan fingerprint density at radius 3 is 2.59 bits per heavy atom. The normalized spacial score (nSPS) is 16.5. The van der Waals surface area contributed by atoms with Crippen molar-refractivity contribution in [2.45, 2.75) is 45.6 Å². The van der Waals surface area contributed by atoms with Crippen LogP contribution in [0.4, 0.5) is 11.5 Å². The minimum atomic E-state index is -0.222. The van der Waals surface area contributed by atoms with Gasteiger partial charge in [0.1, 0.15) is 5.82 Å². The maximum atomic E-state index is 13.0. The molecule has 49 heavy (non-hydrogen) atoms. The molecule has 0 amide bonds. The Morgan fingerprint density at radius 1 is 1.06 bits per heavy atom. The lowest BCUT2D eigenvalue weighted by Gasteiger charge is -2.35. The molecule has 252 valence electrons. The van der Waals surface area contributed by atoms with Gasteiger partial charge in [-0.05, 0) is 87.5 Å². The molecule has 11 heteroatoms. The number of hydrogen-bond donors (Lipinski definition) is 1. The molecule has 1 aliphatic carbocycles. The first kappa shape index (κ1) is 32.7. The van der Waals surface area contributed by atoms with Crippen LogP contribution in [0.3, 0.4) is 0 Å². The highest BCUT2D eigenvalue weighted by Gasteiger charge is 2.36. The third-order valence-corrected chi connectivity index (χ3v) is 10.3. The van der Waals surface area contributed by atoms with Gasteiger partial charge in [0.25, 0.3) is 5.56 Å². The van der Waals surface area contributed by atoms with Crippen molar-refractivity contribution in [2.75, 3.05) is 32.1 Å². The fourth-order valence-corrected chi connectivity index (χ4v) is 7.67. The van der Waals surface area contributed by atoms with E-state index in [0.717, 1.165) is 78.0 Å². The van der Waals surface area contributed by atoms with Crippen LogP contribution in [0, 0.1) is 12.8 Å². The van der Waals surface area contributed by atoms with Crippen LogP contribution in [-0.4, -0.2) is 57.4 Å². The summed E-state index contributed by atoms with van der Waals surface area (Å²) in [6.07, 6.45) is 6.81. The van der Waals surface area contributed by atoms with E-state index in [0.29, 0.717) is 34.1 Å². The summed E-state index contributed by atoms with van der Waals surface area (Å²) in [4.78, 5) is 37.3. The van der Waals surface area contributed by atoms with Crippen LogP contribution in [0.5, 0.6) is 5.88 Å². The van der Waals surface area contributed by atoms with E-state index in [2.05, 4.69) is 26.4 Å². The highest BCUT2D eigenvalue weighted by Crippen LogP contribution is 2.45. The van der Waals surface area contributed by atoms with Gasteiger partial charge in [-0.3, -0.25) is 14.5 Å². The molecule has 5 aromatic rings. The number of nitrogens with zero attached hydrogens (tertiary/aromatic N) is 5. The summed E-state index contributed by atoms with van der Waals surface area (Å²) in [5, 5.41) is 9.32. The fourth-order valence-electron chi connectivity index (χ4n) is 7.34. The Bertz CT molecular complexity index is 2120. The van der Waals surface area contributed by atoms with Gasteiger partial charge < -0.3 is 14.8 Å². The van der Waals surface area contributed by atoms with Gasteiger partial charge in [-0.2, -0.15) is 5.10 Å². The van der Waals surface area contributed by atoms with Crippen molar-refractivity contribution in [3.63, 3.8) is 0 Å². The average Bonchev–Trinajstić information content (AvgIpc) is 3.55. The molecule has 1 aliphatic heterocycles. The molecule has 2 aliphatic rings. The molecule has 2 aromatic carbocycles. The first-order valence-corrected chi connectivity index (χ1v) is 17.1. The summed E-state index contributed by atoms with van der Waals surface area (Å²) in [6, 6.07) is 16.1. The molecule has 0 bridgehead atoms. The van der Waals surface area contributed by atoms with E-state index in [-0.39, 0.29) is 23.5 Å². The van der Waals surface area contributed by atoms with Crippen molar-refractivity contribution in [2.24, 2.45) is 13.0 Å². The summed E-state index contributed by atoms with van der Waals surface area (Å²) in [5.41, 5.74) is 7.31. The van der Waals surface area contributed by atoms with Gasteiger partial charge in [0.05, 0.1) is 41.9 Å². The first-order chi connectivity index (χ1) is 23.8. The number of esters is 1. The van der Waals surface area contributed by atoms with E-state index in [1.54, 1.807) is 32.6 Å². The third-order valence-electron chi connectivity index (χ3n) is 9.93.